The van der Waals surface area contributed by atoms with Gasteiger partial charge in [0, 0.05) is 12.1 Å². The number of aliphatic hydroxyl groups excluding tert-OH is 1. The highest BCUT2D eigenvalue weighted by Crippen LogP contribution is 2.24. The third-order valence-electron chi connectivity index (χ3n) is 3.32. The van der Waals surface area contributed by atoms with Crippen molar-refractivity contribution in [3.05, 3.63) is 35.4 Å². The molecule has 1 fully saturated rings. The molecule has 2 rings (SSSR count). The second kappa shape index (κ2) is 5.65. The molecule has 0 saturated heterocycles. The highest BCUT2D eigenvalue weighted by atomic mass is 16.3. The lowest BCUT2D eigenvalue weighted by molar-refractivity contribution is 0.0945. The minimum absolute atomic E-state index is 0.159. The highest BCUT2D eigenvalue weighted by Gasteiger charge is 2.23. The number of aliphatic hydroxyl groups is 1. The number of nitrogens with zero attached hydrogens (tertiary/aromatic N) is 1. The van der Waals surface area contributed by atoms with Crippen LogP contribution in [0.1, 0.15) is 35.2 Å². The molecule has 2 atom stereocenters. The van der Waals surface area contributed by atoms with Crippen LogP contribution in [0.5, 0.6) is 0 Å². The first-order chi connectivity index (χ1) is 8.69. The van der Waals surface area contributed by atoms with E-state index >= 15 is 0 Å². The smallest absolute Gasteiger partial charge is 0.251 e. The fourth-order valence-corrected chi connectivity index (χ4v) is 2.30. The van der Waals surface area contributed by atoms with Crippen molar-refractivity contribution in [1.29, 1.82) is 5.26 Å². The number of carbonyl (C=O) groups is 1. The minimum Gasteiger partial charge on any atom is -0.393 e. The second-order valence-corrected chi connectivity index (χ2v) is 4.74. The van der Waals surface area contributed by atoms with E-state index in [0.717, 1.165) is 19.3 Å². The Bertz CT molecular complexity index is 479. The molecule has 0 heterocycles. The van der Waals surface area contributed by atoms with Crippen LogP contribution in [0.4, 0.5) is 0 Å². The zero-order valence-electron chi connectivity index (χ0n) is 10.1. The number of nitrogens with one attached hydrogen (secondary N) is 1. The van der Waals surface area contributed by atoms with E-state index in [-0.39, 0.29) is 12.0 Å². The summed E-state index contributed by atoms with van der Waals surface area (Å²) in [5.74, 6) is 0.205. The molecule has 4 heteroatoms. The normalized spacial score (nSPS) is 22.4. The number of rotatable bonds is 3. The largest absolute Gasteiger partial charge is 0.393 e. The average molecular weight is 244 g/mol. The lowest BCUT2D eigenvalue weighted by atomic mass is 10.1. The van der Waals surface area contributed by atoms with Gasteiger partial charge in [0.2, 0.25) is 0 Å². The van der Waals surface area contributed by atoms with Gasteiger partial charge in [-0.3, -0.25) is 4.79 Å². The molecule has 0 radical (unpaired) electrons. The average Bonchev–Trinajstić information content (AvgIpc) is 2.82. The van der Waals surface area contributed by atoms with Gasteiger partial charge in [-0.2, -0.15) is 5.26 Å². The molecule has 1 aliphatic carbocycles. The second-order valence-electron chi connectivity index (χ2n) is 4.74. The molecule has 4 nitrogen and oxygen atoms in total. The first-order valence-corrected chi connectivity index (χ1v) is 6.15. The van der Waals surface area contributed by atoms with Gasteiger partial charge in [-0.15, -0.1) is 0 Å². The van der Waals surface area contributed by atoms with Crippen LogP contribution in [0.3, 0.4) is 0 Å². The van der Waals surface area contributed by atoms with E-state index in [9.17, 15) is 9.90 Å². The standard InChI is InChI=1S/C14H16N2O2/c15-8-10-2-1-3-12(6-10)14(18)16-9-11-4-5-13(17)7-11/h1-3,6,11,13,17H,4-5,7,9H2,(H,16,18). The number of benzene rings is 1. The van der Waals surface area contributed by atoms with Gasteiger partial charge < -0.3 is 10.4 Å². The topological polar surface area (TPSA) is 73.1 Å². The molecule has 1 saturated carbocycles. The van der Waals surface area contributed by atoms with Crippen molar-refractivity contribution in [2.24, 2.45) is 5.92 Å². The van der Waals surface area contributed by atoms with Gasteiger partial charge in [-0.05, 0) is 43.4 Å². The lowest BCUT2D eigenvalue weighted by Gasteiger charge is -2.10. The molecule has 0 aliphatic heterocycles. The van der Waals surface area contributed by atoms with Crippen molar-refractivity contribution < 1.29 is 9.90 Å². The van der Waals surface area contributed by atoms with Crippen LogP contribution in [-0.4, -0.2) is 23.7 Å². The summed E-state index contributed by atoms with van der Waals surface area (Å²) in [5, 5.41) is 21.0. The zero-order valence-corrected chi connectivity index (χ0v) is 10.1. The molecular weight excluding hydrogens is 228 g/mol. The van der Waals surface area contributed by atoms with Crippen LogP contribution in [0.15, 0.2) is 24.3 Å². The quantitative estimate of drug-likeness (QED) is 0.845. The van der Waals surface area contributed by atoms with Crippen LogP contribution in [0.2, 0.25) is 0 Å². The number of hydrogen-bond acceptors (Lipinski definition) is 3. The minimum atomic E-state index is -0.214. The van der Waals surface area contributed by atoms with Gasteiger partial charge in [-0.25, -0.2) is 0 Å². The summed E-state index contributed by atoms with van der Waals surface area (Å²) >= 11 is 0. The monoisotopic (exact) mass is 244 g/mol. The number of carbonyl (C=O) groups excluding carboxylic acids is 1. The first-order valence-electron chi connectivity index (χ1n) is 6.15. The molecule has 1 aliphatic rings. The highest BCUT2D eigenvalue weighted by molar-refractivity contribution is 5.94. The lowest BCUT2D eigenvalue weighted by Crippen LogP contribution is -2.28. The van der Waals surface area contributed by atoms with Gasteiger partial charge in [0.15, 0.2) is 0 Å². The Hall–Kier alpha value is -1.86. The predicted molar refractivity (Wildman–Crippen MR) is 66.8 cm³/mol. The van der Waals surface area contributed by atoms with Crippen molar-refractivity contribution in [2.45, 2.75) is 25.4 Å². The van der Waals surface area contributed by atoms with Crippen molar-refractivity contribution >= 4 is 5.91 Å². The number of nitriles is 1. The molecule has 1 aromatic rings. The summed E-state index contributed by atoms with van der Waals surface area (Å²) in [5.41, 5.74) is 0.992. The fourth-order valence-electron chi connectivity index (χ4n) is 2.30. The van der Waals surface area contributed by atoms with Crippen LogP contribution >= 0.6 is 0 Å². The summed E-state index contributed by atoms with van der Waals surface area (Å²) < 4.78 is 0. The number of amides is 1. The number of hydrogen-bond donors (Lipinski definition) is 2. The van der Waals surface area contributed by atoms with E-state index in [2.05, 4.69) is 5.32 Å². The zero-order chi connectivity index (χ0) is 13.0. The van der Waals surface area contributed by atoms with E-state index in [1.165, 1.54) is 0 Å². The third-order valence-corrected chi connectivity index (χ3v) is 3.32. The fraction of sp³-hybridized carbons (Fsp3) is 0.429. The third kappa shape index (κ3) is 3.08. The summed E-state index contributed by atoms with van der Waals surface area (Å²) in [6.45, 7) is 0.590. The summed E-state index contributed by atoms with van der Waals surface area (Å²) in [6.07, 6.45) is 2.33. The van der Waals surface area contributed by atoms with Gasteiger partial charge in [0.1, 0.15) is 0 Å². The van der Waals surface area contributed by atoms with Crippen LogP contribution < -0.4 is 5.32 Å². The molecule has 0 aromatic heterocycles. The van der Waals surface area contributed by atoms with Crippen molar-refractivity contribution in [2.75, 3.05) is 6.54 Å². The van der Waals surface area contributed by atoms with Crippen molar-refractivity contribution in [3.8, 4) is 6.07 Å². The van der Waals surface area contributed by atoms with Crippen molar-refractivity contribution in [1.82, 2.24) is 5.32 Å². The maximum atomic E-state index is 11.9. The van der Waals surface area contributed by atoms with E-state index < -0.39 is 0 Å². The molecule has 1 aromatic carbocycles. The Morgan fingerprint density at radius 1 is 1.50 bits per heavy atom. The molecule has 0 bridgehead atoms. The molecular formula is C14H16N2O2. The maximum absolute atomic E-state index is 11.9. The molecule has 1 amide bonds. The Kier molecular flexibility index (Phi) is 3.96. The maximum Gasteiger partial charge on any atom is 0.251 e. The summed E-state index contributed by atoms with van der Waals surface area (Å²) in [4.78, 5) is 11.9. The Balaban J connectivity index is 1.89. The van der Waals surface area contributed by atoms with Gasteiger partial charge in [-0.1, -0.05) is 6.07 Å². The van der Waals surface area contributed by atoms with Gasteiger partial charge in [0.05, 0.1) is 17.7 Å². The SMILES string of the molecule is N#Cc1cccc(C(=O)NCC2CCC(O)C2)c1. The summed E-state index contributed by atoms with van der Waals surface area (Å²) in [6, 6.07) is 8.66. The van der Waals surface area contributed by atoms with Gasteiger partial charge >= 0.3 is 0 Å². The van der Waals surface area contributed by atoms with Crippen LogP contribution in [0.25, 0.3) is 0 Å². The van der Waals surface area contributed by atoms with E-state index in [1.807, 2.05) is 6.07 Å². The first kappa shape index (κ1) is 12.6. The Labute approximate surface area is 106 Å². The molecule has 2 unspecified atom stereocenters. The van der Waals surface area contributed by atoms with Gasteiger partial charge in [0.25, 0.3) is 5.91 Å². The summed E-state index contributed by atoms with van der Waals surface area (Å²) in [7, 11) is 0. The molecule has 94 valence electrons. The van der Waals surface area contributed by atoms with E-state index in [0.29, 0.717) is 23.6 Å². The predicted octanol–water partition coefficient (Wildman–Crippen LogP) is 1.45. The van der Waals surface area contributed by atoms with Crippen LogP contribution in [0, 0.1) is 17.2 Å². The van der Waals surface area contributed by atoms with Crippen molar-refractivity contribution in [3.63, 3.8) is 0 Å². The van der Waals surface area contributed by atoms with Crippen LogP contribution in [-0.2, 0) is 0 Å². The Morgan fingerprint density at radius 2 is 2.33 bits per heavy atom. The van der Waals surface area contributed by atoms with E-state index in [4.69, 9.17) is 5.26 Å². The molecule has 0 spiro atoms. The Morgan fingerprint density at radius 3 is 3.00 bits per heavy atom. The molecule has 18 heavy (non-hydrogen) atoms. The molecule has 2 N–H and O–H groups in total. The van der Waals surface area contributed by atoms with E-state index in [1.54, 1.807) is 24.3 Å².